The summed E-state index contributed by atoms with van der Waals surface area (Å²) in [6, 6.07) is 13.1. The van der Waals surface area contributed by atoms with Crippen LogP contribution in [0.25, 0.3) is 0 Å². The predicted molar refractivity (Wildman–Crippen MR) is 111 cm³/mol. The highest BCUT2D eigenvalue weighted by molar-refractivity contribution is 7.89. The summed E-state index contributed by atoms with van der Waals surface area (Å²) >= 11 is 5.95. The molecule has 1 aliphatic rings. The summed E-state index contributed by atoms with van der Waals surface area (Å²) in [5, 5.41) is 0.744. The molecule has 1 saturated heterocycles. The number of nitrogens with zero attached hydrogens (tertiary/aromatic N) is 2. The van der Waals surface area contributed by atoms with Crippen molar-refractivity contribution in [2.45, 2.75) is 18.7 Å². The molecular formula is C20H26ClN3O2S. The second kappa shape index (κ2) is 8.61. The highest BCUT2D eigenvalue weighted by Gasteiger charge is 2.19. The Labute approximate surface area is 167 Å². The lowest BCUT2D eigenvalue weighted by Crippen LogP contribution is -2.48. The summed E-state index contributed by atoms with van der Waals surface area (Å²) in [5.41, 5.74) is 3.25. The molecule has 3 rings (SSSR count). The van der Waals surface area contributed by atoms with Crippen molar-refractivity contribution < 1.29 is 8.42 Å². The SMILES string of the molecule is Cc1ccc(S(=O)(=O)NCCN2CCN(c3ccc(Cl)cc3)CC2)cc1C. The van der Waals surface area contributed by atoms with Crippen LogP contribution in [0.3, 0.4) is 0 Å². The van der Waals surface area contributed by atoms with E-state index in [0.29, 0.717) is 18.0 Å². The predicted octanol–water partition coefficient (Wildman–Crippen LogP) is 3.06. The Morgan fingerprint density at radius 2 is 1.63 bits per heavy atom. The fraction of sp³-hybridized carbons (Fsp3) is 0.400. The van der Waals surface area contributed by atoms with Gasteiger partial charge in [0.1, 0.15) is 0 Å². The summed E-state index contributed by atoms with van der Waals surface area (Å²) in [5.74, 6) is 0. The molecule has 7 heteroatoms. The van der Waals surface area contributed by atoms with Crippen molar-refractivity contribution in [2.75, 3.05) is 44.2 Å². The van der Waals surface area contributed by atoms with Gasteiger partial charge in [0.15, 0.2) is 0 Å². The first kappa shape index (κ1) is 20.1. The Bertz CT molecular complexity index is 877. The van der Waals surface area contributed by atoms with Crippen molar-refractivity contribution in [1.29, 1.82) is 0 Å². The third-order valence-corrected chi connectivity index (χ3v) is 6.78. The lowest BCUT2D eigenvalue weighted by atomic mass is 10.1. The first-order valence-electron chi connectivity index (χ1n) is 9.15. The smallest absolute Gasteiger partial charge is 0.240 e. The van der Waals surface area contributed by atoms with Gasteiger partial charge in [0, 0.05) is 50.0 Å². The quantitative estimate of drug-likeness (QED) is 0.799. The van der Waals surface area contributed by atoms with Crippen molar-refractivity contribution in [2.24, 2.45) is 0 Å². The first-order chi connectivity index (χ1) is 12.8. The minimum Gasteiger partial charge on any atom is -0.369 e. The lowest BCUT2D eigenvalue weighted by molar-refractivity contribution is 0.262. The molecule has 1 fully saturated rings. The van der Waals surface area contributed by atoms with Crippen LogP contribution < -0.4 is 9.62 Å². The van der Waals surface area contributed by atoms with Gasteiger partial charge < -0.3 is 4.90 Å². The van der Waals surface area contributed by atoms with Gasteiger partial charge in [0.2, 0.25) is 10.0 Å². The van der Waals surface area contributed by atoms with Crippen LogP contribution in [0.5, 0.6) is 0 Å². The molecule has 0 unspecified atom stereocenters. The molecule has 0 amide bonds. The van der Waals surface area contributed by atoms with Gasteiger partial charge in [-0.1, -0.05) is 17.7 Å². The molecule has 0 bridgehead atoms. The molecule has 0 spiro atoms. The third-order valence-electron chi connectivity index (χ3n) is 5.07. The maximum absolute atomic E-state index is 12.5. The van der Waals surface area contributed by atoms with Crippen LogP contribution in [0.15, 0.2) is 47.4 Å². The minimum atomic E-state index is -3.46. The number of benzene rings is 2. The molecule has 0 aliphatic carbocycles. The molecule has 0 atom stereocenters. The zero-order valence-electron chi connectivity index (χ0n) is 15.8. The van der Waals surface area contributed by atoms with E-state index < -0.39 is 10.0 Å². The van der Waals surface area contributed by atoms with Gasteiger partial charge >= 0.3 is 0 Å². The number of halogens is 1. The van der Waals surface area contributed by atoms with E-state index in [1.54, 1.807) is 12.1 Å². The van der Waals surface area contributed by atoms with Crippen molar-refractivity contribution in [1.82, 2.24) is 9.62 Å². The van der Waals surface area contributed by atoms with Crippen LogP contribution in [0.4, 0.5) is 5.69 Å². The van der Waals surface area contributed by atoms with E-state index in [9.17, 15) is 8.42 Å². The Kier molecular flexibility index (Phi) is 6.42. The number of aryl methyl sites for hydroxylation is 2. The fourth-order valence-electron chi connectivity index (χ4n) is 3.18. The monoisotopic (exact) mass is 407 g/mol. The van der Waals surface area contributed by atoms with E-state index in [1.165, 1.54) is 5.69 Å². The van der Waals surface area contributed by atoms with Gasteiger partial charge in [0.05, 0.1) is 4.90 Å². The molecular weight excluding hydrogens is 382 g/mol. The van der Waals surface area contributed by atoms with Gasteiger partial charge in [-0.05, 0) is 61.4 Å². The number of sulfonamides is 1. The summed E-state index contributed by atoms with van der Waals surface area (Å²) < 4.78 is 27.6. The number of nitrogens with one attached hydrogen (secondary N) is 1. The van der Waals surface area contributed by atoms with Crippen LogP contribution in [-0.4, -0.2) is 52.6 Å². The summed E-state index contributed by atoms with van der Waals surface area (Å²) in [6.45, 7) is 8.69. The largest absolute Gasteiger partial charge is 0.369 e. The van der Waals surface area contributed by atoms with Crippen molar-refractivity contribution in [3.63, 3.8) is 0 Å². The average molecular weight is 408 g/mol. The van der Waals surface area contributed by atoms with Crippen LogP contribution in [0.1, 0.15) is 11.1 Å². The number of rotatable bonds is 6. The van der Waals surface area contributed by atoms with Crippen LogP contribution in [0, 0.1) is 13.8 Å². The van der Waals surface area contributed by atoms with Gasteiger partial charge in [-0.3, -0.25) is 4.90 Å². The number of hydrogen-bond donors (Lipinski definition) is 1. The molecule has 1 aliphatic heterocycles. The second-order valence-electron chi connectivity index (χ2n) is 6.95. The number of piperazine rings is 1. The van der Waals surface area contributed by atoms with Crippen LogP contribution >= 0.6 is 11.6 Å². The van der Waals surface area contributed by atoms with E-state index in [4.69, 9.17) is 11.6 Å². The zero-order chi connectivity index (χ0) is 19.4. The zero-order valence-corrected chi connectivity index (χ0v) is 17.4. The van der Waals surface area contributed by atoms with Crippen molar-refractivity contribution in [3.8, 4) is 0 Å². The molecule has 0 aromatic heterocycles. The molecule has 2 aromatic rings. The molecule has 0 saturated carbocycles. The molecule has 1 heterocycles. The highest BCUT2D eigenvalue weighted by atomic mass is 35.5. The summed E-state index contributed by atoms with van der Waals surface area (Å²) in [7, 11) is -3.46. The van der Waals surface area contributed by atoms with Gasteiger partial charge in [-0.25, -0.2) is 13.1 Å². The van der Waals surface area contributed by atoms with Crippen molar-refractivity contribution >= 4 is 27.3 Å². The summed E-state index contributed by atoms with van der Waals surface area (Å²) in [4.78, 5) is 4.94. The molecule has 0 radical (unpaired) electrons. The minimum absolute atomic E-state index is 0.332. The average Bonchev–Trinajstić information content (AvgIpc) is 2.65. The third kappa shape index (κ3) is 5.23. The molecule has 27 heavy (non-hydrogen) atoms. The van der Waals surface area contributed by atoms with E-state index in [2.05, 4.69) is 14.5 Å². The summed E-state index contributed by atoms with van der Waals surface area (Å²) in [6.07, 6.45) is 0. The normalized spacial score (nSPS) is 15.9. The highest BCUT2D eigenvalue weighted by Crippen LogP contribution is 2.19. The van der Waals surface area contributed by atoms with Crippen molar-refractivity contribution in [3.05, 3.63) is 58.6 Å². The maximum Gasteiger partial charge on any atom is 0.240 e. The Morgan fingerprint density at radius 1 is 0.963 bits per heavy atom. The Morgan fingerprint density at radius 3 is 2.26 bits per heavy atom. The molecule has 2 aromatic carbocycles. The fourth-order valence-corrected chi connectivity index (χ4v) is 4.42. The van der Waals surface area contributed by atoms with E-state index >= 15 is 0 Å². The van der Waals surface area contributed by atoms with E-state index in [-0.39, 0.29) is 0 Å². The van der Waals surface area contributed by atoms with Gasteiger partial charge in [0.25, 0.3) is 0 Å². The lowest BCUT2D eigenvalue weighted by Gasteiger charge is -2.36. The Hall–Kier alpha value is -1.60. The molecule has 1 N–H and O–H groups in total. The van der Waals surface area contributed by atoms with Gasteiger partial charge in [-0.15, -0.1) is 0 Å². The van der Waals surface area contributed by atoms with E-state index in [1.807, 2.05) is 44.2 Å². The second-order valence-corrected chi connectivity index (χ2v) is 9.15. The van der Waals surface area contributed by atoms with Crippen LogP contribution in [0.2, 0.25) is 5.02 Å². The first-order valence-corrected chi connectivity index (χ1v) is 11.0. The van der Waals surface area contributed by atoms with E-state index in [0.717, 1.165) is 42.3 Å². The number of hydrogen-bond acceptors (Lipinski definition) is 4. The standard InChI is InChI=1S/C20H26ClN3O2S/c1-16-3-8-20(15-17(16)2)27(25,26)22-9-10-23-11-13-24(14-12-23)19-6-4-18(21)5-7-19/h3-8,15,22H,9-14H2,1-2H3. The maximum atomic E-state index is 12.5. The Balaban J connectivity index is 1.47. The van der Waals surface area contributed by atoms with Crippen LogP contribution in [-0.2, 0) is 10.0 Å². The number of anilines is 1. The molecule has 146 valence electrons. The van der Waals surface area contributed by atoms with Gasteiger partial charge in [-0.2, -0.15) is 0 Å². The molecule has 5 nitrogen and oxygen atoms in total. The topological polar surface area (TPSA) is 52.7 Å².